The summed E-state index contributed by atoms with van der Waals surface area (Å²) < 4.78 is 1.33. The van der Waals surface area contributed by atoms with E-state index in [0.29, 0.717) is 0 Å². The van der Waals surface area contributed by atoms with Crippen molar-refractivity contribution in [2.45, 2.75) is 11.4 Å². The third kappa shape index (κ3) is 3.54. The van der Waals surface area contributed by atoms with E-state index < -0.39 is 0 Å². The van der Waals surface area contributed by atoms with E-state index in [9.17, 15) is 10.5 Å². The van der Waals surface area contributed by atoms with E-state index in [1.54, 1.807) is 17.8 Å². The van der Waals surface area contributed by atoms with Crippen molar-refractivity contribution < 1.29 is 5.11 Å². The highest BCUT2D eigenvalue weighted by molar-refractivity contribution is 7.98. The summed E-state index contributed by atoms with van der Waals surface area (Å²) >= 11 is 1.63. The molecular formula is C16H15N5OS. The number of nitrogens with two attached hydrogens (primary N) is 1. The van der Waals surface area contributed by atoms with Gasteiger partial charge < -0.3 is 10.8 Å². The lowest BCUT2D eigenvalue weighted by molar-refractivity contribution is 0.270. The predicted molar refractivity (Wildman–Crippen MR) is 90.1 cm³/mol. The maximum absolute atomic E-state index is 9.42. The topological polar surface area (TPSA) is 112 Å². The fourth-order valence-electron chi connectivity index (χ4n) is 2.06. The molecule has 0 radical (unpaired) electrons. The number of hydrogen-bond acceptors (Lipinski definition) is 6. The van der Waals surface area contributed by atoms with E-state index in [0.717, 1.165) is 10.5 Å². The van der Waals surface area contributed by atoms with Crippen LogP contribution in [0.3, 0.4) is 0 Å². The Bertz CT molecular complexity index is 809. The zero-order chi connectivity index (χ0) is 16.8. The number of rotatable bonds is 5. The van der Waals surface area contributed by atoms with E-state index in [-0.39, 0.29) is 35.8 Å². The molecule has 0 aliphatic rings. The number of aromatic nitrogens is 2. The van der Waals surface area contributed by atoms with Gasteiger partial charge in [-0.3, -0.25) is 0 Å². The molecule has 0 aliphatic carbocycles. The summed E-state index contributed by atoms with van der Waals surface area (Å²) in [6.07, 6.45) is 3.65. The van der Waals surface area contributed by atoms with Crippen LogP contribution < -0.4 is 5.73 Å². The summed E-state index contributed by atoms with van der Waals surface area (Å²) in [6.45, 7) is 0.0135. The van der Waals surface area contributed by atoms with E-state index >= 15 is 0 Å². The quantitative estimate of drug-likeness (QED) is 0.643. The lowest BCUT2D eigenvalue weighted by Gasteiger charge is -1.99. The molecule has 116 valence electrons. The van der Waals surface area contributed by atoms with Crippen LogP contribution in [0.5, 0.6) is 0 Å². The van der Waals surface area contributed by atoms with E-state index in [2.05, 4.69) is 11.2 Å². The average Bonchev–Trinajstić information content (AvgIpc) is 2.89. The number of hydrogen-bond donors (Lipinski definition) is 2. The summed E-state index contributed by atoms with van der Waals surface area (Å²) in [6, 6.07) is 11.7. The number of aliphatic hydroxyl groups excluding tert-OH is 1. The summed E-state index contributed by atoms with van der Waals surface area (Å²) in [4.78, 5) is 1.12. The number of benzene rings is 1. The first-order valence-corrected chi connectivity index (χ1v) is 8.00. The number of anilines is 1. The predicted octanol–water partition coefficient (Wildman–Crippen LogP) is 2.12. The molecule has 0 saturated heterocycles. The molecule has 23 heavy (non-hydrogen) atoms. The molecule has 1 aromatic carbocycles. The number of nitrogens with zero attached hydrogens (tertiary/aromatic N) is 4. The molecule has 1 heterocycles. The Labute approximate surface area is 138 Å². The molecule has 3 N–H and O–H groups in total. The largest absolute Gasteiger partial charge is 0.394 e. The summed E-state index contributed by atoms with van der Waals surface area (Å²) in [7, 11) is 0. The molecule has 0 unspecified atom stereocenters. The fourth-order valence-corrected chi connectivity index (χ4v) is 2.47. The van der Waals surface area contributed by atoms with Gasteiger partial charge in [0, 0.05) is 4.90 Å². The van der Waals surface area contributed by atoms with Crippen molar-refractivity contribution in [3.05, 3.63) is 41.1 Å². The first-order valence-electron chi connectivity index (χ1n) is 6.78. The van der Waals surface area contributed by atoms with Crippen molar-refractivity contribution in [1.29, 1.82) is 10.5 Å². The van der Waals surface area contributed by atoms with Crippen molar-refractivity contribution in [3.8, 4) is 12.1 Å². The minimum absolute atomic E-state index is 0.145. The van der Waals surface area contributed by atoms with Gasteiger partial charge in [0.2, 0.25) is 0 Å². The van der Waals surface area contributed by atoms with Crippen molar-refractivity contribution in [1.82, 2.24) is 9.78 Å². The third-order valence-electron chi connectivity index (χ3n) is 3.22. The lowest BCUT2D eigenvalue weighted by Crippen LogP contribution is -2.07. The summed E-state index contributed by atoms with van der Waals surface area (Å²) in [5.74, 6) is 0.149. The number of thioether (sulfide) groups is 1. The second-order valence-electron chi connectivity index (χ2n) is 4.61. The van der Waals surface area contributed by atoms with Gasteiger partial charge in [-0.2, -0.15) is 15.6 Å². The van der Waals surface area contributed by atoms with Gasteiger partial charge in [0.25, 0.3) is 0 Å². The van der Waals surface area contributed by atoms with Crippen LogP contribution in [0.1, 0.15) is 16.8 Å². The van der Waals surface area contributed by atoms with Crippen LogP contribution in [-0.4, -0.2) is 27.7 Å². The van der Waals surface area contributed by atoms with Crippen molar-refractivity contribution in [3.63, 3.8) is 0 Å². The Kier molecular flexibility index (Phi) is 5.42. The fraction of sp³-hybridized carbons (Fsp3) is 0.188. The molecule has 6 nitrogen and oxygen atoms in total. The van der Waals surface area contributed by atoms with Gasteiger partial charge in [-0.05, 0) is 30.0 Å². The van der Waals surface area contributed by atoms with E-state index in [1.165, 1.54) is 4.68 Å². The molecule has 0 aliphatic heterocycles. The Morgan fingerprint density at radius 3 is 2.61 bits per heavy atom. The van der Waals surface area contributed by atoms with Crippen molar-refractivity contribution in [2.24, 2.45) is 0 Å². The summed E-state index contributed by atoms with van der Waals surface area (Å²) in [5, 5.41) is 31.9. The second-order valence-corrected chi connectivity index (χ2v) is 5.49. The number of nitrogen functional groups attached to an aromatic ring is 1. The monoisotopic (exact) mass is 325 g/mol. The molecule has 2 rings (SSSR count). The van der Waals surface area contributed by atoms with E-state index in [1.807, 2.05) is 36.6 Å². The number of allylic oxidation sites excluding steroid dienone is 1. The highest BCUT2D eigenvalue weighted by atomic mass is 32.2. The Morgan fingerprint density at radius 1 is 1.39 bits per heavy atom. The minimum atomic E-state index is -0.155. The molecule has 0 fully saturated rings. The van der Waals surface area contributed by atoms with Crippen LogP contribution in [-0.2, 0) is 6.54 Å². The van der Waals surface area contributed by atoms with E-state index in [4.69, 9.17) is 10.8 Å². The van der Waals surface area contributed by atoms with Gasteiger partial charge in [-0.25, -0.2) is 4.68 Å². The van der Waals surface area contributed by atoms with Gasteiger partial charge >= 0.3 is 0 Å². The Morgan fingerprint density at radius 2 is 2.09 bits per heavy atom. The van der Waals surface area contributed by atoms with Gasteiger partial charge in [0.05, 0.1) is 18.7 Å². The normalized spacial score (nSPS) is 11.0. The smallest absolute Gasteiger partial charge is 0.140 e. The molecule has 2 aromatic rings. The standard InChI is InChI=1S/C16H15N5OS/c1-23-13-4-2-11(3-5-13)8-12(9-17)15-14(10-18)16(19)21(20-15)6-7-22/h2-5,8,22H,6-7,19H2,1H3. The SMILES string of the molecule is CSc1ccc(C=C(C#N)c2nn(CCO)c(N)c2C#N)cc1. The van der Waals surface area contributed by atoms with Gasteiger partial charge in [0.15, 0.2) is 0 Å². The van der Waals surface area contributed by atoms with Crippen molar-refractivity contribution >= 4 is 29.2 Å². The minimum Gasteiger partial charge on any atom is -0.394 e. The first-order chi connectivity index (χ1) is 11.1. The molecule has 1 aromatic heterocycles. The average molecular weight is 325 g/mol. The van der Waals surface area contributed by atoms with Gasteiger partial charge in [-0.1, -0.05) is 12.1 Å². The maximum Gasteiger partial charge on any atom is 0.140 e. The molecule has 0 bridgehead atoms. The number of aliphatic hydroxyl groups is 1. The van der Waals surface area contributed by atoms with Gasteiger partial charge in [0.1, 0.15) is 29.2 Å². The summed E-state index contributed by atoms with van der Waals surface area (Å²) in [5.41, 5.74) is 7.31. The maximum atomic E-state index is 9.42. The first kappa shape index (κ1) is 16.6. The zero-order valence-electron chi connectivity index (χ0n) is 12.5. The van der Waals surface area contributed by atoms with Crippen LogP contribution in [0, 0.1) is 22.7 Å². The second kappa shape index (κ2) is 7.50. The third-order valence-corrected chi connectivity index (χ3v) is 3.96. The highest BCUT2D eigenvalue weighted by Crippen LogP contribution is 2.25. The number of nitriles is 2. The molecule has 0 amide bonds. The van der Waals surface area contributed by atoms with Crippen LogP contribution in [0.2, 0.25) is 0 Å². The Balaban J connectivity index is 2.48. The van der Waals surface area contributed by atoms with Crippen LogP contribution in [0.25, 0.3) is 11.6 Å². The molecule has 0 saturated carbocycles. The van der Waals surface area contributed by atoms with Crippen LogP contribution >= 0.6 is 11.8 Å². The molecule has 7 heteroatoms. The molecule has 0 atom stereocenters. The van der Waals surface area contributed by atoms with Crippen molar-refractivity contribution in [2.75, 3.05) is 18.6 Å². The highest BCUT2D eigenvalue weighted by Gasteiger charge is 2.18. The van der Waals surface area contributed by atoms with Crippen LogP contribution in [0.4, 0.5) is 5.82 Å². The lowest BCUT2D eigenvalue weighted by atomic mass is 10.1. The van der Waals surface area contributed by atoms with Gasteiger partial charge in [-0.15, -0.1) is 11.8 Å². The Hall–Kier alpha value is -2.74. The van der Waals surface area contributed by atoms with Crippen LogP contribution in [0.15, 0.2) is 29.2 Å². The molecule has 0 spiro atoms. The molecular weight excluding hydrogens is 310 g/mol. The zero-order valence-corrected chi connectivity index (χ0v) is 13.3.